The van der Waals surface area contributed by atoms with E-state index >= 15 is 0 Å². The van der Waals surface area contributed by atoms with Gasteiger partial charge in [0, 0.05) is 27.7 Å². The first-order chi connectivity index (χ1) is 13.1. The molecule has 3 aromatic rings. The molecule has 0 aliphatic carbocycles. The van der Waals surface area contributed by atoms with E-state index in [1.807, 2.05) is 54.6 Å². The van der Waals surface area contributed by atoms with Crippen LogP contribution in [-0.2, 0) is 6.54 Å². The first kappa shape index (κ1) is 19.4. The van der Waals surface area contributed by atoms with Gasteiger partial charge in [0.25, 0.3) is 5.91 Å². The van der Waals surface area contributed by atoms with Gasteiger partial charge in [-0.25, -0.2) is 0 Å². The number of hydrogen-bond acceptors (Lipinski definition) is 5. The van der Waals surface area contributed by atoms with E-state index in [1.165, 1.54) is 0 Å². The van der Waals surface area contributed by atoms with Crippen molar-refractivity contribution in [3.63, 3.8) is 0 Å². The molecule has 0 bridgehead atoms. The molecule has 1 heterocycles. The Labute approximate surface area is 170 Å². The van der Waals surface area contributed by atoms with Gasteiger partial charge in [-0.2, -0.15) is 4.98 Å². The van der Waals surface area contributed by atoms with Crippen LogP contribution in [0, 0.1) is 0 Å². The summed E-state index contributed by atoms with van der Waals surface area (Å²) in [7, 11) is 1.72. The summed E-state index contributed by atoms with van der Waals surface area (Å²) < 4.78 is 6.26. The van der Waals surface area contributed by atoms with Gasteiger partial charge in [-0.1, -0.05) is 51.4 Å². The largest absolute Gasteiger partial charge is 0.337 e. The third-order valence-electron chi connectivity index (χ3n) is 3.74. The molecule has 3 rings (SSSR count). The quantitative estimate of drug-likeness (QED) is 0.377. The number of carbonyl (C=O) groups excluding carboxylic acids is 1. The molecule has 0 unspecified atom stereocenters. The number of carbonyl (C=O) groups is 1. The third-order valence-corrected chi connectivity index (χ3v) is 5.31. The standard InChI is InChI=1S/C20H18BrN3O2S/c1-3-11-27-17-10-5-4-9-16(17)20(25)24(2)13-18-22-19(23-26-18)14-7-6-8-15(21)12-14/h3-10,12H,1,11,13H2,2H3. The van der Waals surface area contributed by atoms with E-state index in [4.69, 9.17) is 4.52 Å². The predicted molar refractivity (Wildman–Crippen MR) is 111 cm³/mol. The number of halogens is 1. The first-order valence-electron chi connectivity index (χ1n) is 8.25. The summed E-state index contributed by atoms with van der Waals surface area (Å²) >= 11 is 5.01. The van der Waals surface area contributed by atoms with Crippen molar-refractivity contribution in [2.24, 2.45) is 0 Å². The van der Waals surface area contributed by atoms with E-state index < -0.39 is 0 Å². The first-order valence-corrected chi connectivity index (χ1v) is 10.0. The van der Waals surface area contributed by atoms with Crippen molar-refractivity contribution in [1.82, 2.24) is 15.0 Å². The van der Waals surface area contributed by atoms with E-state index in [0.717, 1.165) is 20.7 Å². The number of rotatable bonds is 7. The number of nitrogens with zero attached hydrogens (tertiary/aromatic N) is 3. The van der Waals surface area contributed by atoms with Crippen LogP contribution in [0.2, 0.25) is 0 Å². The van der Waals surface area contributed by atoms with E-state index in [2.05, 4.69) is 32.6 Å². The maximum atomic E-state index is 12.8. The molecule has 1 aromatic heterocycles. The van der Waals surface area contributed by atoms with Gasteiger partial charge in [0.1, 0.15) is 0 Å². The lowest BCUT2D eigenvalue weighted by Crippen LogP contribution is -2.26. The average Bonchev–Trinajstić information content (AvgIpc) is 3.14. The van der Waals surface area contributed by atoms with Gasteiger partial charge in [0.2, 0.25) is 11.7 Å². The number of hydrogen-bond donors (Lipinski definition) is 0. The van der Waals surface area contributed by atoms with E-state index in [1.54, 1.807) is 23.7 Å². The van der Waals surface area contributed by atoms with E-state index in [9.17, 15) is 4.79 Å². The highest BCUT2D eigenvalue weighted by Crippen LogP contribution is 2.24. The summed E-state index contributed by atoms with van der Waals surface area (Å²) in [5.41, 5.74) is 1.50. The Morgan fingerprint density at radius 3 is 2.89 bits per heavy atom. The fourth-order valence-corrected chi connectivity index (χ4v) is 3.64. The second-order valence-electron chi connectivity index (χ2n) is 5.78. The van der Waals surface area contributed by atoms with Crippen LogP contribution in [0.3, 0.4) is 0 Å². The van der Waals surface area contributed by atoms with Crippen molar-refractivity contribution in [1.29, 1.82) is 0 Å². The summed E-state index contributed by atoms with van der Waals surface area (Å²) in [6, 6.07) is 15.2. The number of benzene rings is 2. The summed E-state index contributed by atoms with van der Waals surface area (Å²) in [6.45, 7) is 3.96. The fraction of sp³-hybridized carbons (Fsp3) is 0.150. The minimum absolute atomic E-state index is 0.0932. The minimum Gasteiger partial charge on any atom is -0.337 e. The number of aromatic nitrogens is 2. The average molecular weight is 444 g/mol. The smallest absolute Gasteiger partial charge is 0.255 e. The maximum Gasteiger partial charge on any atom is 0.255 e. The Balaban J connectivity index is 1.73. The number of amides is 1. The zero-order chi connectivity index (χ0) is 19.2. The van der Waals surface area contributed by atoms with Crippen LogP contribution in [-0.4, -0.2) is 33.7 Å². The van der Waals surface area contributed by atoms with Crippen molar-refractivity contribution in [2.75, 3.05) is 12.8 Å². The number of thioether (sulfide) groups is 1. The molecule has 27 heavy (non-hydrogen) atoms. The van der Waals surface area contributed by atoms with Crippen molar-refractivity contribution in [2.45, 2.75) is 11.4 Å². The Morgan fingerprint density at radius 1 is 1.30 bits per heavy atom. The Morgan fingerprint density at radius 2 is 2.11 bits per heavy atom. The van der Waals surface area contributed by atoms with Crippen LogP contribution in [0.1, 0.15) is 16.2 Å². The van der Waals surface area contributed by atoms with Gasteiger partial charge in [0.15, 0.2) is 0 Å². The van der Waals surface area contributed by atoms with E-state index in [-0.39, 0.29) is 12.5 Å². The van der Waals surface area contributed by atoms with Crippen LogP contribution < -0.4 is 0 Å². The molecule has 2 aromatic carbocycles. The minimum atomic E-state index is -0.0932. The lowest BCUT2D eigenvalue weighted by Gasteiger charge is -2.16. The summed E-state index contributed by atoms with van der Waals surface area (Å²) in [4.78, 5) is 19.7. The monoisotopic (exact) mass is 443 g/mol. The highest BCUT2D eigenvalue weighted by molar-refractivity contribution is 9.10. The van der Waals surface area contributed by atoms with Crippen molar-refractivity contribution >= 4 is 33.6 Å². The lowest BCUT2D eigenvalue weighted by molar-refractivity contribution is 0.0766. The Bertz CT molecular complexity index is 958. The zero-order valence-electron chi connectivity index (χ0n) is 14.8. The van der Waals surface area contributed by atoms with Crippen molar-refractivity contribution in [3.8, 4) is 11.4 Å². The van der Waals surface area contributed by atoms with Crippen LogP contribution in [0.5, 0.6) is 0 Å². The fourth-order valence-electron chi connectivity index (χ4n) is 2.46. The van der Waals surface area contributed by atoms with Gasteiger partial charge in [-0.05, 0) is 24.3 Å². The Hall–Kier alpha value is -2.38. The topological polar surface area (TPSA) is 59.2 Å². The normalized spacial score (nSPS) is 10.6. The molecule has 0 spiro atoms. The SMILES string of the molecule is C=CCSc1ccccc1C(=O)N(C)Cc1nc(-c2cccc(Br)c2)no1. The maximum absolute atomic E-state index is 12.8. The molecule has 5 nitrogen and oxygen atoms in total. The molecule has 0 radical (unpaired) electrons. The highest BCUT2D eigenvalue weighted by Gasteiger charge is 2.18. The van der Waals surface area contributed by atoms with Gasteiger partial charge in [0.05, 0.1) is 12.1 Å². The van der Waals surface area contributed by atoms with Crippen molar-refractivity contribution < 1.29 is 9.32 Å². The summed E-state index contributed by atoms with van der Waals surface area (Å²) in [6.07, 6.45) is 1.82. The molecule has 0 aliphatic heterocycles. The second-order valence-corrected chi connectivity index (χ2v) is 7.76. The van der Waals surface area contributed by atoms with Crippen molar-refractivity contribution in [3.05, 3.63) is 77.1 Å². The van der Waals surface area contributed by atoms with Crippen LogP contribution >= 0.6 is 27.7 Å². The molecule has 138 valence electrons. The zero-order valence-corrected chi connectivity index (χ0v) is 17.2. The van der Waals surface area contributed by atoms with Gasteiger partial charge < -0.3 is 9.42 Å². The molecule has 0 aliphatic rings. The van der Waals surface area contributed by atoms with Gasteiger partial charge >= 0.3 is 0 Å². The molecular formula is C20H18BrN3O2S. The summed E-state index contributed by atoms with van der Waals surface area (Å²) in [5, 5.41) is 4.01. The molecule has 0 fully saturated rings. The molecule has 0 N–H and O–H groups in total. The summed E-state index contributed by atoms with van der Waals surface area (Å²) in [5.74, 6) is 1.53. The lowest BCUT2D eigenvalue weighted by atomic mass is 10.2. The molecule has 0 saturated carbocycles. The van der Waals surface area contributed by atoms with Gasteiger partial charge in [-0.3, -0.25) is 4.79 Å². The molecular weight excluding hydrogens is 426 g/mol. The van der Waals surface area contributed by atoms with Crippen LogP contribution in [0.25, 0.3) is 11.4 Å². The van der Waals surface area contributed by atoms with Gasteiger partial charge in [-0.15, -0.1) is 18.3 Å². The highest BCUT2D eigenvalue weighted by atomic mass is 79.9. The molecule has 0 saturated heterocycles. The van der Waals surface area contributed by atoms with Crippen LogP contribution in [0.4, 0.5) is 0 Å². The molecule has 7 heteroatoms. The second kappa shape index (κ2) is 9.01. The Kier molecular flexibility index (Phi) is 6.47. The van der Waals surface area contributed by atoms with E-state index in [0.29, 0.717) is 17.3 Å². The molecule has 0 atom stereocenters. The predicted octanol–water partition coefficient (Wildman–Crippen LogP) is 5.05. The molecule has 1 amide bonds. The third kappa shape index (κ3) is 4.87. The van der Waals surface area contributed by atoms with Crippen LogP contribution in [0.15, 0.2) is 75.1 Å².